The minimum absolute atomic E-state index is 0.0416. The first-order valence-corrected chi connectivity index (χ1v) is 9.43. The van der Waals surface area contributed by atoms with Crippen LogP contribution in [0.3, 0.4) is 0 Å². The van der Waals surface area contributed by atoms with Crippen LogP contribution in [-0.2, 0) is 13.2 Å². The number of pyridine rings is 1. The molecule has 0 aliphatic rings. The average molecular weight is 373 g/mol. The molecular formula is C20H21ClN2OS. The van der Waals surface area contributed by atoms with E-state index in [0.717, 1.165) is 27.1 Å². The second kappa shape index (κ2) is 8.09. The maximum absolute atomic E-state index is 9.83. The molecule has 5 heteroatoms. The standard InChI is InChI=1S/C20H21ClN2OS/c1-14(2)19-16(13-24)12-23(11-15-6-8-22-9-7-15)20(19)25-18-5-3-4-17(21)10-18/h3-10,12,14,24H,11,13H2,1-2H3. The molecule has 0 aliphatic carbocycles. The van der Waals surface area contributed by atoms with Gasteiger partial charge in [0.05, 0.1) is 11.6 Å². The summed E-state index contributed by atoms with van der Waals surface area (Å²) in [6.45, 7) is 5.10. The third-order valence-corrected chi connectivity index (χ3v) is 5.38. The smallest absolute Gasteiger partial charge is 0.0838 e. The molecule has 3 aromatic rings. The Kier molecular flexibility index (Phi) is 5.84. The molecule has 2 aromatic heterocycles. The highest BCUT2D eigenvalue weighted by Gasteiger charge is 2.19. The van der Waals surface area contributed by atoms with Gasteiger partial charge >= 0.3 is 0 Å². The summed E-state index contributed by atoms with van der Waals surface area (Å²) in [5, 5.41) is 11.7. The van der Waals surface area contributed by atoms with Crippen LogP contribution in [0.15, 0.2) is 64.9 Å². The summed E-state index contributed by atoms with van der Waals surface area (Å²) >= 11 is 7.84. The van der Waals surface area contributed by atoms with E-state index < -0.39 is 0 Å². The molecule has 0 unspecified atom stereocenters. The molecule has 3 nitrogen and oxygen atoms in total. The van der Waals surface area contributed by atoms with Gasteiger partial charge in [-0.3, -0.25) is 4.98 Å². The Balaban J connectivity index is 2.04. The van der Waals surface area contributed by atoms with E-state index in [9.17, 15) is 5.11 Å². The first-order chi connectivity index (χ1) is 12.1. The SMILES string of the molecule is CC(C)c1c(CO)cn(Cc2ccncc2)c1Sc1cccc(Cl)c1. The molecule has 0 saturated heterocycles. The summed E-state index contributed by atoms with van der Waals surface area (Å²) in [5.74, 6) is 0.322. The zero-order chi connectivity index (χ0) is 17.8. The summed E-state index contributed by atoms with van der Waals surface area (Å²) in [6, 6.07) is 11.9. The van der Waals surface area contributed by atoms with Crippen LogP contribution in [-0.4, -0.2) is 14.7 Å². The van der Waals surface area contributed by atoms with Gasteiger partial charge in [-0.1, -0.05) is 43.3 Å². The van der Waals surface area contributed by atoms with Gasteiger partial charge in [-0.15, -0.1) is 0 Å². The number of nitrogens with zero attached hydrogens (tertiary/aromatic N) is 2. The van der Waals surface area contributed by atoms with Gasteiger partial charge in [-0.25, -0.2) is 0 Å². The van der Waals surface area contributed by atoms with Crippen molar-refractivity contribution in [2.24, 2.45) is 0 Å². The maximum atomic E-state index is 9.83. The van der Waals surface area contributed by atoms with Crippen LogP contribution in [0, 0.1) is 0 Å². The summed E-state index contributed by atoms with van der Waals surface area (Å²) in [4.78, 5) is 5.18. The van der Waals surface area contributed by atoms with E-state index >= 15 is 0 Å². The monoisotopic (exact) mass is 372 g/mol. The van der Waals surface area contributed by atoms with Gasteiger partial charge in [0, 0.05) is 35.1 Å². The predicted molar refractivity (Wildman–Crippen MR) is 103 cm³/mol. The van der Waals surface area contributed by atoms with Gasteiger partial charge in [-0.2, -0.15) is 0 Å². The topological polar surface area (TPSA) is 38.0 Å². The lowest BCUT2D eigenvalue weighted by Gasteiger charge is -2.14. The molecule has 0 spiro atoms. The van der Waals surface area contributed by atoms with E-state index in [-0.39, 0.29) is 6.61 Å². The van der Waals surface area contributed by atoms with E-state index in [1.54, 1.807) is 24.2 Å². The van der Waals surface area contributed by atoms with Crippen LogP contribution < -0.4 is 0 Å². The van der Waals surface area contributed by atoms with Crippen LogP contribution in [0.25, 0.3) is 0 Å². The fourth-order valence-electron chi connectivity index (χ4n) is 2.91. The number of halogens is 1. The minimum Gasteiger partial charge on any atom is -0.392 e. The third kappa shape index (κ3) is 4.27. The number of aromatic nitrogens is 2. The molecule has 0 atom stereocenters. The quantitative estimate of drug-likeness (QED) is 0.633. The molecule has 25 heavy (non-hydrogen) atoms. The Hall–Kier alpha value is -1.75. The zero-order valence-electron chi connectivity index (χ0n) is 14.3. The van der Waals surface area contributed by atoms with Gasteiger partial charge in [0.25, 0.3) is 0 Å². The molecular weight excluding hydrogens is 352 g/mol. The lowest BCUT2D eigenvalue weighted by atomic mass is 10.0. The number of aliphatic hydroxyl groups excluding tert-OH is 1. The molecule has 130 valence electrons. The summed E-state index contributed by atoms with van der Waals surface area (Å²) < 4.78 is 2.21. The van der Waals surface area contributed by atoms with Gasteiger partial charge in [0.2, 0.25) is 0 Å². The molecule has 0 bridgehead atoms. The zero-order valence-corrected chi connectivity index (χ0v) is 15.9. The first kappa shape index (κ1) is 18.1. The van der Waals surface area contributed by atoms with E-state index in [4.69, 9.17) is 11.6 Å². The Morgan fingerprint density at radius 2 is 1.96 bits per heavy atom. The molecule has 1 N–H and O–H groups in total. The van der Waals surface area contributed by atoms with Crippen molar-refractivity contribution in [1.82, 2.24) is 9.55 Å². The van der Waals surface area contributed by atoms with Crippen molar-refractivity contribution in [3.05, 3.63) is 76.7 Å². The van der Waals surface area contributed by atoms with Crippen molar-refractivity contribution in [1.29, 1.82) is 0 Å². The van der Waals surface area contributed by atoms with Crippen LogP contribution >= 0.6 is 23.4 Å². The molecule has 0 fully saturated rings. The second-order valence-corrected chi connectivity index (χ2v) is 7.73. The van der Waals surface area contributed by atoms with E-state index in [0.29, 0.717) is 5.92 Å². The largest absolute Gasteiger partial charge is 0.392 e. The van der Waals surface area contributed by atoms with Crippen molar-refractivity contribution in [2.75, 3.05) is 0 Å². The van der Waals surface area contributed by atoms with E-state index in [1.165, 1.54) is 11.1 Å². The lowest BCUT2D eigenvalue weighted by molar-refractivity contribution is 0.280. The third-order valence-electron chi connectivity index (χ3n) is 4.01. The van der Waals surface area contributed by atoms with E-state index in [1.807, 2.05) is 30.3 Å². The van der Waals surface area contributed by atoms with Crippen molar-refractivity contribution in [3.63, 3.8) is 0 Å². The van der Waals surface area contributed by atoms with Crippen LogP contribution in [0.2, 0.25) is 5.02 Å². The summed E-state index contributed by atoms with van der Waals surface area (Å²) in [5.41, 5.74) is 3.35. The molecule has 0 amide bonds. The minimum atomic E-state index is 0.0416. The highest BCUT2D eigenvalue weighted by Crippen LogP contribution is 2.38. The maximum Gasteiger partial charge on any atom is 0.0838 e. The second-order valence-electron chi connectivity index (χ2n) is 6.23. The van der Waals surface area contributed by atoms with Crippen molar-refractivity contribution < 1.29 is 5.11 Å². The molecule has 3 rings (SSSR count). The Bertz CT molecular complexity index is 846. The normalized spacial score (nSPS) is 11.2. The fourth-order valence-corrected chi connectivity index (χ4v) is 4.43. The lowest BCUT2D eigenvalue weighted by Crippen LogP contribution is -2.01. The Morgan fingerprint density at radius 3 is 2.60 bits per heavy atom. The first-order valence-electron chi connectivity index (χ1n) is 8.23. The Morgan fingerprint density at radius 1 is 1.20 bits per heavy atom. The number of hydrogen-bond donors (Lipinski definition) is 1. The average Bonchev–Trinajstić information content (AvgIpc) is 2.93. The molecule has 0 saturated carbocycles. The van der Waals surface area contributed by atoms with E-state index in [2.05, 4.69) is 35.7 Å². The molecule has 0 aliphatic heterocycles. The summed E-state index contributed by atoms with van der Waals surface area (Å²) in [6.07, 6.45) is 5.67. The van der Waals surface area contributed by atoms with Crippen LogP contribution in [0.1, 0.15) is 36.5 Å². The van der Waals surface area contributed by atoms with Gasteiger partial charge < -0.3 is 9.67 Å². The van der Waals surface area contributed by atoms with Gasteiger partial charge in [0.15, 0.2) is 0 Å². The number of hydrogen-bond acceptors (Lipinski definition) is 3. The molecule has 0 radical (unpaired) electrons. The predicted octanol–water partition coefficient (Wildman–Crippen LogP) is 5.35. The number of rotatable bonds is 6. The summed E-state index contributed by atoms with van der Waals surface area (Å²) in [7, 11) is 0. The highest BCUT2D eigenvalue weighted by molar-refractivity contribution is 7.99. The fraction of sp³-hybridized carbons (Fsp3) is 0.250. The molecule has 2 heterocycles. The highest BCUT2D eigenvalue weighted by atomic mass is 35.5. The van der Waals surface area contributed by atoms with Crippen molar-refractivity contribution in [3.8, 4) is 0 Å². The van der Waals surface area contributed by atoms with Crippen LogP contribution in [0.4, 0.5) is 0 Å². The Labute approximate surface area is 157 Å². The number of benzene rings is 1. The number of aliphatic hydroxyl groups is 1. The van der Waals surface area contributed by atoms with Gasteiger partial charge in [0.1, 0.15) is 0 Å². The van der Waals surface area contributed by atoms with Gasteiger partial charge in [-0.05, 0) is 52.9 Å². The van der Waals surface area contributed by atoms with Crippen molar-refractivity contribution >= 4 is 23.4 Å². The van der Waals surface area contributed by atoms with Crippen molar-refractivity contribution in [2.45, 2.75) is 42.8 Å². The van der Waals surface area contributed by atoms with Crippen LogP contribution in [0.5, 0.6) is 0 Å². The molecule has 1 aromatic carbocycles.